The fraction of sp³-hybridized carbons (Fsp3) is 0. The maximum Gasteiger partial charge on any atom is 0.181 e. The van der Waals surface area contributed by atoms with E-state index in [1.807, 2.05) is 0 Å². The first-order valence-electron chi connectivity index (χ1n) is 3.78. The molecule has 68 valence electrons. The molecule has 14 heavy (non-hydrogen) atoms. The van der Waals surface area contributed by atoms with Gasteiger partial charge < -0.3 is 0 Å². The lowest BCUT2D eigenvalue weighted by Gasteiger charge is -2.00. The molecule has 0 saturated carbocycles. The zero-order valence-corrected chi connectivity index (χ0v) is 7.46. The fourth-order valence-electron chi connectivity index (χ4n) is 1.03. The molecule has 0 radical (unpaired) electrons. The van der Waals surface area contributed by atoms with Gasteiger partial charge in [0.25, 0.3) is 0 Å². The largest absolute Gasteiger partial charge is 0.292 e. The van der Waals surface area contributed by atoms with Crippen molar-refractivity contribution in [2.75, 3.05) is 10.7 Å². The molecule has 0 unspecified atom stereocenters. The molecule has 1 aromatic carbocycles. The minimum absolute atomic E-state index is 0.605. The Morgan fingerprint density at radius 3 is 2.43 bits per heavy atom. The lowest BCUT2D eigenvalue weighted by atomic mass is 10.2. The Balaban J connectivity index is 3.28. The Morgan fingerprint density at radius 1 is 1.29 bits per heavy atom. The molecule has 4 heteroatoms. The molecule has 0 aliphatic carbocycles. The van der Waals surface area contributed by atoms with Crippen LogP contribution in [0.25, 0.3) is 18.1 Å². The van der Waals surface area contributed by atoms with Gasteiger partial charge in [0.15, 0.2) is 6.19 Å². The highest BCUT2D eigenvalue weighted by Gasteiger charge is 1.99. The molecule has 0 spiro atoms. The number of nitriles is 1. The first-order chi connectivity index (χ1) is 6.69. The first kappa shape index (κ1) is 9.63. The summed E-state index contributed by atoms with van der Waals surface area (Å²) in [5, 5.41) is 12.2. The van der Waals surface area contributed by atoms with Gasteiger partial charge in [-0.15, -0.1) is 0 Å². The molecule has 0 fully saturated rings. The summed E-state index contributed by atoms with van der Waals surface area (Å²) in [7, 11) is 0. The highest BCUT2D eigenvalue weighted by Crippen LogP contribution is 2.00. The van der Waals surface area contributed by atoms with E-state index in [2.05, 4.69) is 28.9 Å². The number of nitrogens with one attached hydrogen (secondary N) is 2. The summed E-state index contributed by atoms with van der Waals surface area (Å²) in [6.45, 7) is 14.1. The molecule has 0 atom stereocenters. The van der Waals surface area contributed by atoms with Crippen molar-refractivity contribution in [3.63, 3.8) is 0 Å². The second kappa shape index (κ2) is 3.97. The number of hydrogen-bond acceptors (Lipinski definition) is 3. The van der Waals surface area contributed by atoms with Crippen LogP contribution in [0, 0.1) is 18.0 Å². The summed E-state index contributed by atoms with van der Waals surface area (Å²) < 4.78 is 0. The first-order valence-corrected chi connectivity index (χ1v) is 3.78. The predicted molar refractivity (Wildman–Crippen MR) is 56.2 cm³/mol. The SMILES string of the molecule is [C-]#[N+]Nc1cc(=C)c(NC#N)cc1=C. The van der Waals surface area contributed by atoms with E-state index in [0.717, 1.165) is 0 Å². The Labute approximate surface area is 81.6 Å². The van der Waals surface area contributed by atoms with Crippen LogP contribution in [0.5, 0.6) is 0 Å². The minimum Gasteiger partial charge on any atom is -0.292 e. The number of nitrogens with zero attached hydrogens (tertiary/aromatic N) is 2. The van der Waals surface area contributed by atoms with Gasteiger partial charge in [-0.1, -0.05) is 18.6 Å². The second-order valence-electron chi connectivity index (χ2n) is 2.63. The smallest absolute Gasteiger partial charge is 0.181 e. The third-order valence-corrected chi connectivity index (χ3v) is 1.70. The maximum absolute atomic E-state index is 8.43. The highest BCUT2D eigenvalue weighted by atomic mass is 15.2. The third kappa shape index (κ3) is 1.82. The molecule has 0 aliphatic rings. The third-order valence-electron chi connectivity index (χ3n) is 1.70. The highest BCUT2D eigenvalue weighted by molar-refractivity contribution is 5.58. The number of hydrogen-bond donors (Lipinski definition) is 2. The van der Waals surface area contributed by atoms with Crippen LogP contribution in [-0.2, 0) is 0 Å². The van der Waals surface area contributed by atoms with Crippen molar-refractivity contribution < 1.29 is 0 Å². The Hall–Kier alpha value is -2.46. The number of anilines is 2. The molecule has 0 aliphatic heterocycles. The van der Waals surface area contributed by atoms with Gasteiger partial charge in [0.05, 0.1) is 5.69 Å². The molecule has 0 amide bonds. The maximum atomic E-state index is 8.43. The summed E-state index contributed by atoms with van der Waals surface area (Å²) in [4.78, 5) is 3.03. The molecule has 0 heterocycles. The van der Waals surface area contributed by atoms with Gasteiger partial charge in [0.2, 0.25) is 0 Å². The summed E-state index contributed by atoms with van der Waals surface area (Å²) in [5.41, 5.74) is 3.67. The molecular formula is C10H8N4. The molecule has 1 aromatic rings. The molecule has 1 rings (SSSR count). The average Bonchev–Trinajstić information content (AvgIpc) is 2.14. The van der Waals surface area contributed by atoms with Gasteiger partial charge in [-0.3, -0.25) is 5.32 Å². The van der Waals surface area contributed by atoms with E-state index in [4.69, 9.17) is 11.8 Å². The number of benzene rings is 1. The van der Waals surface area contributed by atoms with Gasteiger partial charge in [0.1, 0.15) is 5.69 Å². The van der Waals surface area contributed by atoms with E-state index in [1.165, 1.54) is 0 Å². The zero-order chi connectivity index (χ0) is 10.6. The van der Waals surface area contributed by atoms with Gasteiger partial charge in [-0.25, -0.2) is 0 Å². The Morgan fingerprint density at radius 2 is 1.86 bits per heavy atom. The van der Waals surface area contributed by atoms with E-state index < -0.39 is 0 Å². The Kier molecular flexibility index (Phi) is 2.73. The van der Waals surface area contributed by atoms with E-state index in [-0.39, 0.29) is 0 Å². The van der Waals surface area contributed by atoms with Crippen molar-refractivity contribution in [3.8, 4) is 6.19 Å². The number of rotatable bonds is 2. The van der Waals surface area contributed by atoms with Crippen molar-refractivity contribution in [2.24, 2.45) is 0 Å². The van der Waals surface area contributed by atoms with E-state index in [0.29, 0.717) is 21.8 Å². The van der Waals surface area contributed by atoms with Crippen LogP contribution in [0.1, 0.15) is 0 Å². The van der Waals surface area contributed by atoms with Crippen molar-refractivity contribution >= 4 is 24.5 Å². The van der Waals surface area contributed by atoms with E-state index in [9.17, 15) is 0 Å². The lowest BCUT2D eigenvalue weighted by molar-refractivity contribution is 1.43. The molecule has 0 saturated heterocycles. The van der Waals surface area contributed by atoms with Gasteiger partial charge in [0, 0.05) is 0 Å². The summed E-state index contributed by atoms with van der Waals surface area (Å²) in [5.74, 6) is 0. The van der Waals surface area contributed by atoms with Crippen molar-refractivity contribution in [3.05, 3.63) is 34.1 Å². The molecule has 0 bridgehead atoms. The average molecular weight is 184 g/mol. The monoisotopic (exact) mass is 184 g/mol. The van der Waals surface area contributed by atoms with Crippen LogP contribution in [0.3, 0.4) is 0 Å². The molecule has 4 nitrogen and oxygen atoms in total. The zero-order valence-electron chi connectivity index (χ0n) is 7.46. The quantitative estimate of drug-likeness (QED) is 0.307. The second-order valence-corrected chi connectivity index (χ2v) is 2.63. The molecule has 2 N–H and O–H groups in total. The van der Waals surface area contributed by atoms with Gasteiger partial charge in [-0.2, -0.15) is 16.8 Å². The van der Waals surface area contributed by atoms with Crippen molar-refractivity contribution in [1.82, 2.24) is 0 Å². The summed E-state index contributed by atoms with van der Waals surface area (Å²) in [6, 6.07) is 3.33. The van der Waals surface area contributed by atoms with Crippen molar-refractivity contribution in [2.45, 2.75) is 0 Å². The summed E-state index contributed by atoms with van der Waals surface area (Å²) in [6.07, 6.45) is 1.80. The normalized spacial score (nSPS) is 8.43. The Bertz CT molecular complexity index is 469. The minimum atomic E-state index is 0.605. The van der Waals surface area contributed by atoms with Crippen LogP contribution in [0.15, 0.2) is 12.1 Å². The van der Waals surface area contributed by atoms with Crippen LogP contribution in [0.2, 0.25) is 0 Å². The van der Waals surface area contributed by atoms with E-state index >= 15 is 0 Å². The van der Waals surface area contributed by atoms with Crippen LogP contribution < -0.4 is 21.2 Å². The van der Waals surface area contributed by atoms with Crippen LogP contribution >= 0.6 is 0 Å². The van der Waals surface area contributed by atoms with Crippen molar-refractivity contribution in [1.29, 1.82) is 5.26 Å². The standard InChI is InChI=1S/C10H8N4/c1-7-5-10(14-12-3)8(2)4-9(7)13-6-11/h4-5,13-14H,1-2H2. The van der Waals surface area contributed by atoms with Gasteiger partial charge in [-0.05, 0) is 22.6 Å². The van der Waals surface area contributed by atoms with Gasteiger partial charge >= 0.3 is 0 Å². The lowest BCUT2D eigenvalue weighted by Crippen LogP contribution is -2.15. The summed E-state index contributed by atoms with van der Waals surface area (Å²) >= 11 is 0. The molecular weight excluding hydrogens is 176 g/mol. The predicted octanol–water partition coefficient (Wildman–Crippen LogP) is 0.646. The molecule has 0 aromatic heterocycles. The van der Waals surface area contributed by atoms with E-state index in [1.54, 1.807) is 18.3 Å². The topological polar surface area (TPSA) is 52.2 Å². The van der Waals surface area contributed by atoms with Crippen LogP contribution in [0.4, 0.5) is 11.4 Å². The fourth-order valence-corrected chi connectivity index (χ4v) is 1.03. The van der Waals surface area contributed by atoms with Crippen LogP contribution in [-0.4, -0.2) is 0 Å².